The van der Waals surface area contributed by atoms with Gasteiger partial charge in [-0.2, -0.15) is 0 Å². The molecular formula is C33H39N3O7. The number of esters is 1. The average Bonchev–Trinajstić information content (AvgIpc) is 3.03. The topological polar surface area (TPSA) is 132 Å². The monoisotopic (exact) mass is 589 g/mol. The number of rotatable bonds is 15. The van der Waals surface area contributed by atoms with E-state index in [-0.39, 0.29) is 19.6 Å². The van der Waals surface area contributed by atoms with E-state index in [2.05, 4.69) is 10.0 Å². The van der Waals surface area contributed by atoms with Crippen molar-refractivity contribution in [1.82, 2.24) is 0 Å². The minimum atomic E-state index is -1.44. The summed E-state index contributed by atoms with van der Waals surface area (Å²) in [6, 6.07) is 27.9. The largest absolute Gasteiger partial charge is 0.466 e. The van der Waals surface area contributed by atoms with Crippen LogP contribution in [0.1, 0.15) is 37.0 Å². The minimum absolute atomic E-state index is 0.0666. The number of carbonyl (C=O) groups excluding carboxylic acids is 1. The van der Waals surface area contributed by atoms with Gasteiger partial charge in [0.2, 0.25) is 0 Å². The quantitative estimate of drug-likeness (QED) is 0.107. The Bertz CT molecular complexity index is 1290. The second kappa shape index (κ2) is 16.8. The summed E-state index contributed by atoms with van der Waals surface area (Å²) in [7, 11) is 0. The molecule has 10 nitrogen and oxygen atoms in total. The Morgan fingerprint density at radius 1 is 0.837 bits per heavy atom. The maximum absolute atomic E-state index is 12.5. The SMILES string of the molecule is CCOC(=O)[C@@H](N=[N+]=[N-])[C@@H](O)C[C@@H]1O[C@@H](C)[C@@H](OCc2ccccc2)[C@@H](OCc2ccccc2)[C@@H]1OCc1ccccc1. The molecule has 1 fully saturated rings. The molecule has 228 valence electrons. The van der Waals surface area contributed by atoms with E-state index in [1.807, 2.05) is 97.9 Å². The lowest BCUT2D eigenvalue weighted by atomic mass is 9.90. The van der Waals surface area contributed by atoms with Crippen LogP contribution in [0.2, 0.25) is 0 Å². The van der Waals surface area contributed by atoms with E-state index in [0.29, 0.717) is 13.2 Å². The molecular weight excluding hydrogens is 550 g/mol. The number of hydrogen-bond donors (Lipinski definition) is 1. The molecule has 0 aliphatic carbocycles. The van der Waals surface area contributed by atoms with Crippen LogP contribution in [0.4, 0.5) is 0 Å². The normalized spacial score (nSPS) is 23.1. The van der Waals surface area contributed by atoms with Gasteiger partial charge in [0.25, 0.3) is 0 Å². The molecule has 1 aliphatic rings. The van der Waals surface area contributed by atoms with Gasteiger partial charge in [0.05, 0.1) is 44.7 Å². The van der Waals surface area contributed by atoms with Crippen LogP contribution in [0.25, 0.3) is 10.4 Å². The fourth-order valence-electron chi connectivity index (χ4n) is 5.14. The first-order valence-corrected chi connectivity index (χ1v) is 14.5. The molecule has 0 aromatic heterocycles. The Morgan fingerprint density at radius 2 is 1.30 bits per heavy atom. The molecule has 7 atom stereocenters. The molecule has 0 radical (unpaired) electrons. The van der Waals surface area contributed by atoms with E-state index in [1.165, 1.54) is 0 Å². The van der Waals surface area contributed by atoms with Crippen LogP contribution in [0, 0.1) is 0 Å². The third-order valence-corrected chi connectivity index (χ3v) is 7.26. The average molecular weight is 590 g/mol. The van der Waals surface area contributed by atoms with Crippen molar-refractivity contribution in [1.29, 1.82) is 0 Å². The van der Waals surface area contributed by atoms with Crippen molar-refractivity contribution in [3.8, 4) is 0 Å². The molecule has 0 spiro atoms. The molecule has 3 aromatic carbocycles. The van der Waals surface area contributed by atoms with Gasteiger partial charge < -0.3 is 28.8 Å². The zero-order chi connectivity index (χ0) is 30.4. The standard InChI is InChI=1S/C33H39N3O7/c1-3-39-33(38)29(35-36-34)27(37)19-28-31(41-21-25-15-9-5-10-16-25)32(42-22-26-17-11-6-12-18-26)30(23(2)43-28)40-20-24-13-7-4-8-14-24/h4-18,23,27-32,37H,3,19-22H2,1-2H3/t23-,27-,28-,29-,30+,31+,32+/m0/s1. The van der Waals surface area contributed by atoms with Crippen LogP contribution in [0.3, 0.4) is 0 Å². The first kappa shape index (κ1) is 32.2. The second-order valence-electron chi connectivity index (χ2n) is 10.4. The number of ether oxygens (including phenoxy) is 5. The van der Waals surface area contributed by atoms with Gasteiger partial charge in [0.1, 0.15) is 18.3 Å². The van der Waals surface area contributed by atoms with Gasteiger partial charge >= 0.3 is 5.97 Å². The maximum Gasteiger partial charge on any atom is 0.317 e. The van der Waals surface area contributed by atoms with Crippen LogP contribution >= 0.6 is 0 Å². The van der Waals surface area contributed by atoms with Gasteiger partial charge in [-0.1, -0.05) is 96.1 Å². The number of aliphatic hydroxyl groups is 1. The maximum atomic E-state index is 12.5. The van der Waals surface area contributed by atoms with Crippen molar-refractivity contribution in [2.75, 3.05) is 6.61 Å². The highest BCUT2D eigenvalue weighted by Gasteiger charge is 2.48. The number of azide groups is 1. The summed E-state index contributed by atoms with van der Waals surface area (Å²) in [5.41, 5.74) is 12.0. The lowest BCUT2D eigenvalue weighted by Crippen LogP contribution is -2.60. The number of hydrogen-bond acceptors (Lipinski definition) is 8. The van der Waals surface area contributed by atoms with Gasteiger partial charge in [-0.15, -0.1) is 0 Å². The fourth-order valence-corrected chi connectivity index (χ4v) is 5.14. The van der Waals surface area contributed by atoms with E-state index in [9.17, 15) is 9.90 Å². The zero-order valence-corrected chi connectivity index (χ0v) is 24.5. The first-order chi connectivity index (χ1) is 21.0. The van der Waals surface area contributed by atoms with Crippen LogP contribution in [-0.2, 0) is 48.3 Å². The van der Waals surface area contributed by atoms with E-state index in [0.717, 1.165) is 16.7 Å². The highest BCUT2D eigenvalue weighted by molar-refractivity contribution is 5.76. The van der Waals surface area contributed by atoms with Crippen molar-refractivity contribution < 1.29 is 33.6 Å². The predicted octanol–water partition coefficient (Wildman–Crippen LogP) is 5.52. The molecule has 0 bridgehead atoms. The third-order valence-electron chi connectivity index (χ3n) is 7.26. The Morgan fingerprint density at radius 3 is 1.77 bits per heavy atom. The van der Waals surface area contributed by atoms with Gasteiger partial charge in [0, 0.05) is 11.3 Å². The van der Waals surface area contributed by atoms with Crippen LogP contribution in [0.15, 0.2) is 96.1 Å². The summed E-state index contributed by atoms with van der Waals surface area (Å²) in [5.74, 6) is -0.806. The summed E-state index contributed by atoms with van der Waals surface area (Å²) in [5, 5.41) is 14.6. The Labute approximate surface area is 252 Å². The number of benzene rings is 3. The van der Waals surface area contributed by atoms with E-state index in [1.54, 1.807) is 6.92 Å². The van der Waals surface area contributed by atoms with Gasteiger partial charge in [-0.05, 0) is 36.1 Å². The molecule has 1 heterocycles. The minimum Gasteiger partial charge on any atom is -0.466 e. The predicted molar refractivity (Wildman–Crippen MR) is 160 cm³/mol. The smallest absolute Gasteiger partial charge is 0.317 e. The van der Waals surface area contributed by atoms with E-state index >= 15 is 0 Å². The number of nitrogens with zero attached hydrogens (tertiary/aromatic N) is 3. The molecule has 43 heavy (non-hydrogen) atoms. The molecule has 0 saturated carbocycles. The van der Waals surface area contributed by atoms with Crippen molar-refractivity contribution in [3.63, 3.8) is 0 Å². The third kappa shape index (κ3) is 9.36. The lowest BCUT2D eigenvalue weighted by molar-refractivity contribution is -0.265. The van der Waals surface area contributed by atoms with Crippen LogP contribution in [-0.4, -0.2) is 60.3 Å². The highest BCUT2D eigenvalue weighted by atomic mass is 16.6. The van der Waals surface area contributed by atoms with E-state index < -0.39 is 48.6 Å². The lowest BCUT2D eigenvalue weighted by Gasteiger charge is -2.46. The molecule has 1 N–H and O–H groups in total. The van der Waals surface area contributed by atoms with Gasteiger partial charge in [-0.3, -0.25) is 4.79 Å². The molecule has 4 rings (SSSR count). The number of aliphatic hydroxyl groups excluding tert-OH is 1. The summed E-state index contributed by atoms with van der Waals surface area (Å²) < 4.78 is 31.0. The fraction of sp³-hybridized carbons (Fsp3) is 0.424. The Hall–Kier alpha value is -3.76. The van der Waals surface area contributed by atoms with Crippen molar-refractivity contribution in [2.45, 2.75) is 82.8 Å². The first-order valence-electron chi connectivity index (χ1n) is 14.5. The number of carbonyl (C=O) groups is 1. The summed E-state index contributed by atoms with van der Waals surface area (Å²) in [6.45, 7) is 4.50. The second-order valence-corrected chi connectivity index (χ2v) is 10.4. The Balaban J connectivity index is 1.63. The van der Waals surface area contributed by atoms with Crippen LogP contribution < -0.4 is 0 Å². The molecule has 1 saturated heterocycles. The zero-order valence-electron chi connectivity index (χ0n) is 24.5. The summed E-state index contributed by atoms with van der Waals surface area (Å²) in [6.07, 6.45) is -4.46. The van der Waals surface area contributed by atoms with Crippen molar-refractivity contribution in [2.24, 2.45) is 5.11 Å². The molecule has 3 aromatic rings. The van der Waals surface area contributed by atoms with Crippen molar-refractivity contribution >= 4 is 5.97 Å². The summed E-state index contributed by atoms with van der Waals surface area (Å²) in [4.78, 5) is 15.3. The summed E-state index contributed by atoms with van der Waals surface area (Å²) >= 11 is 0. The molecule has 10 heteroatoms. The molecule has 0 unspecified atom stereocenters. The molecule has 0 amide bonds. The van der Waals surface area contributed by atoms with Gasteiger partial charge in [-0.25, -0.2) is 0 Å². The highest BCUT2D eigenvalue weighted by Crippen LogP contribution is 2.33. The molecule has 1 aliphatic heterocycles. The Kier molecular flexibility index (Phi) is 12.5. The van der Waals surface area contributed by atoms with Crippen molar-refractivity contribution in [3.05, 3.63) is 118 Å². The van der Waals surface area contributed by atoms with Gasteiger partial charge in [0.15, 0.2) is 6.04 Å². The van der Waals surface area contributed by atoms with E-state index in [4.69, 9.17) is 29.2 Å². The van der Waals surface area contributed by atoms with Crippen LogP contribution in [0.5, 0.6) is 0 Å².